The predicted molar refractivity (Wildman–Crippen MR) is 184 cm³/mol. The molecule has 42 heavy (non-hydrogen) atoms. The number of benzene rings is 2. The van der Waals surface area contributed by atoms with Crippen molar-refractivity contribution in [3.8, 4) is 11.1 Å². The summed E-state index contributed by atoms with van der Waals surface area (Å²) >= 11 is 0. The largest absolute Gasteiger partial charge is 0.102 e. The molecule has 2 bridgehead atoms. The van der Waals surface area contributed by atoms with Gasteiger partial charge in [-0.05, 0) is 106 Å². The molecule has 3 saturated carbocycles. The Kier molecular flexibility index (Phi) is 8.48. The van der Waals surface area contributed by atoms with Crippen molar-refractivity contribution in [1.82, 2.24) is 0 Å². The first-order valence-corrected chi connectivity index (χ1v) is 17.8. The minimum Gasteiger partial charge on any atom is -0.102 e. The SMILES string of the molecule is C=CC(C)(CC)c1ccc2c(c1)C(CC(CC)CCCC)(C1CC3CC(C1C)C3(C)C)c1cc(C(C)(C)CC)ccc1-2. The molecule has 0 heterocycles. The van der Waals surface area contributed by atoms with Gasteiger partial charge >= 0.3 is 0 Å². The molecular formula is C42H62. The van der Waals surface area contributed by atoms with Gasteiger partial charge in [0.05, 0.1) is 0 Å². The second-order valence-electron chi connectivity index (χ2n) is 16.4. The van der Waals surface area contributed by atoms with E-state index in [1.165, 1.54) is 67.2 Å². The van der Waals surface area contributed by atoms with Gasteiger partial charge in [-0.25, -0.2) is 0 Å². The Morgan fingerprint density at radius 3 is 1.98 bits per heavy atom. The van der Waals surface area contributed by atoms with Gasteiger partial charge in [0.15, 0.2) is 0 Å². The van der Waals surface area contributed by atoms with Gasteiger partial charge in [0.2, 0.25) is 0 Å². The van der Waals surface area contributed by atoms with Crippen LogP contribution in [-0.2, 0) is 16.2 Å². The lowest BCUT2D eigenvalue weighted by Gasteiger charge is -2.65. The molecule has 0 aliphatic heterocycles. The smallest absolute Gasteiger partial charge is 0.0248 e. The summed E-state index contributed by atoms with van der Waals surface area (Å²) in [6, 6.07) is 15.4. The van der Waals surface area contributed by atoms with E-state index in [-0.39, 0.29) is 16.2 Å². The number of hydrogen-bond acceptors (Lipinski definition) is 0. The molecule has 230 valence electrons. The van der Waals surface area contributed by atoms with Crippen LogP contribution in [-0.4, -0.2) is 0 Å². The van der Waals surface area contributed by atoms with Gasteiger partial charge in [-0.1, -0.05) is 137 Å². The highest BCUT2D eigenvalue weighted by atomic mass is 14.7. The molecule has 0 radical (unpaired) electrons. The Labute approximate surface area is 260 Å². The Bertz CT molecular complexity index is 1290. The molecule has 3 fully saturated rings. The molecule has 7 atom stereocenters. The summed E-state index contributed by atoms with van der Waals surface area (Å²) < 4.78 is 0. The summed E-state index contributed by atoms with van der Waals surface area (Å²) in [6.45, 7) is 29.0. The fourth-order valence-corrected chi connectivity index (χ4v) is 9.86. The zero-order chi connectivity index (χ0) is 30.7. The molecule has 0 N–H and O–H groups in total. The molecule has 2 aromatic carbocycles. The second kappa shape index (κ2) is 11.3. The molecule has 0 aromatic heterocycles. The van der Waals surface area contributed by atoms with E-state index in [0.29, 0.717) is 11.3 Å². The van der Waals surface area contributed by atoms with Crippen molar-refractivity contribution in [2.24, 2.45) is 35.0 Å². The lowest BCUT2D eigenvalue weighted by Crippen LogP contribution is -2.59. The topological polar surface area (TPSA) is 0 Å². The van der Waals surface area contributed by atoms with E-state index in [0.717, 1.165) is 36.5 Å². The molecule has 6 rings (SSSR count). The zero-order valence-corrected chi connectivity index (χ0v) is 29.0. The van der Waals surface area contributed by atoms with Gasteiger partial charge in [-0.3, -0.25) is 0 Å². The van der Waals surface area contributed by atoms with Crippen molar-refractivity contribution < 1.29 is 0 Å². The number of hydrogen-bond donors (Lipinski definition) is 0. The fraction of sp³-hybridized carbons (Fsp3) is 0.667. The van der Waals surface area contributed by atoms with Gasteiger partial charge in [-0.15, -0.1) is 6.58 Å². The van der Waals surface area contributed by atoms with Crippen LogP contribution in [0.2, 0.25) is 0 Å². The first-order chi connectivity index (χ1) is 19.8. The summed E-state index contributed by atoms with van der Waals surface area (Å²) in [5.74, 6) is 3.88. The third-order valence-corrected chi connectivity index (χ3v) is 13.9. The van der Waals surface area contributed by atoms with Crippen LogP contribution in [0.15, 0.2) is 49.1 Å². The number of allylic oxidation sites excluding steroid dienone is 1. The van der Waals surface area contributed by atoms with Gasteiger partial charge < -0.3 is 0 Å². The summed E-state index contributed by atoms with van der Waals surface area (Å²) in [5, 5.41) is 0. The van der Waals surface area contributed by atoms with Gasteiger partial charge in [0.25, 0.3) is 0 Å². The highest BCUT2D eigenvalue weighted by Crippen LogP contribution is 2.69. The van der Waals surface area contributed by atoms with Crippen LogP contribution in [0.4, 0.5) is 0 Å². The Balaban J connectivity index is 1.81. The standard InChI is InChI=1S/C42H62/c1-12-17-18-29(13-2)27-42(36-26-32-25-35(28(36)6)40(32,9)10)37-23-30(39(7,8)14-3)19-21-33(37)34-22-20-31(24-38(34)42)41(11,15-4)16-5/h15,19-24,28-29,32,35-36H,4,12-14,16-18,25-27H2,1-3,5-11H3. The second-order valence-corrected chi connectivity index (χ2v) is 16.4. The van der Waals surface area contributed by atoms with Crippen LogP contribution in [0, 0.1) is 35.0 Å². The summed E-state index contributed by atoms with van der Waals surface area (Å²) in [4.78, 5) is 0. The van der Waals surface area contributed by atoms with Gasteiger partial charge in [0, 0.05) is 10.8 Å². The van der Waals surface area contributed by atoms with Crippen molar-refractivity contribution >= 4 is 0 Å². The maximum Gasteiger partial charge on any atom is 0.0248 e. The van der Waals surface area contributed by atoms with E-state index >= 15 is 0 Å². The number of rotatable bonds is 12. The molecule has 0 amide bonds. The fourth-order valence-electron chi connectivity index (χ4n) is 9.86. The van der Waals surface area contributed by atoms with E-state index < -0.39 is 0 Å². The highest BCUT2D eigenvalue weighted by Gasteiger charge is 2.62. The maximum atomic E-state index is 4.33. The van der Waals surface area contributed by atoms with E-state index in [4.69, 9.17) is 0 Å². The molecule has 0 spiro atoms. The molecule has 0 heteroatoms. The van der Waals surface area contributed by atoms with E-state index in [9.17, 15) is 0 Å². The van der Waals surface area contributed by atoms with Crippen LogP contribution in [0.25, 0.3) is 11.1 Å². The monoisotopic (exact) mass is 566 g/mol. The van der Waals surface area contributed by atoms with Crippen molar-refractivity contribution in [2.45, 2.75) is 143 Å². The van der Waals surface area contributed by atoms with Gasteiger partial charge in [-0.2, -0.15) is 0 Å². The number of fused-ring (bicyclic) bond motifs is 5. The lowest BCUT2D eigenvalue weighted by molar-refractivity contribution is -0.143. The first kappa shape index (κ1) is 31.6. The predicted octanol–water partition coefficient (Wildman–Crippen LogP) is 12.4. The molecule has 7 unspecified atom stereocenters. The minimum absolute atomic E-state index is 0.000411. The van der Waals surface area contributed by atoms with Crippen LogP contribution in [0.5, 0.6) is 0 Å². The molecule has 4 aliphatic carbocycles. The van der Waals surface area contributed by atoms with Crippen molar-refractivity contribution in [1.29, 1.82) is 0 Å². The highest BCUT2D eigenvalue weighted by molar-refractivity contribution is 5.82. The van der Waals surface area contributed by atoms with Crippen LogP contribution < -0.4 is 0 Å². The number of unbranched alkanes of at least 4 members (excludes halogenated alkanes) is 1. The Morgan fingerprint density at radius 2 is 1.48 bits per heavy atom. The van der Waals surface area contributed by atoms with E-state index in [1.807, 2.05) is 0 Å². The molecule has 0 saturated heterocycles. The summed E-state index contributed by atoms with van der Waals surface area (Å²) in [6.07, 6.45) is 13.9. The Hall–Kier alpha value is -1.82. The average molecular weight is 567 g/mol. The minimum atomic E-state index is -0.000411. The third kappa shape index (κ3) is 4.68. The quantitative estimate of drug-likeness (QED) is 0.224. The summed E-state index contributed by atoms with van der Waals surface area (Å²) in [7, 11) is 0. The van der Waals surface area contributed by atoms with Crippen LogP contribution in [0.1, 0.15) is 149 Å². The molecular weight excluding hydrogens is 504 g/mol. The van der Waals surface area contributed by atoms with Crippen molar-refractivity contribution in [2.75, 3.05) is 0 Å². The normalized spacial score (nSPS) is 29.7. The third-order valence-electron chi connectivity index (χ3n) is 13.9. The lowest BCUT2D eigenvalue weighted by atomic mass is 9.39. The molecule has 2 aromatic rings. The van der Waals surface area contributed by atoms with Crippen molar-refractivity contribution in [3.05, 3.63) is 71.3 Å². The van der Waals surface area contributed by atoms with Crippen LogP contribution >= 0.6 is 0 Å². The van der Waals surface area contributed by atoms with E-state index in [2.05, 4.69) is 118 Å². The van der Waals surface area contributed by atoms with Gasteiger partial charge in [0.1, 0.15) is 0 Å². The molecule has 4 aliphatic rings. The first-order valence-electron chi connectivity index (χ1n) is 17.8. The molecule has 0 nitrogen and oxygen atoms in total. The van der Waals surface area contributed by atoms with E-state index in [1.54, 1.807) is 11.1 Å². The summed E-state index contributed by atoms with van der Waals surface area (Å²) in [5.41, 5.74) is 10.1. The Morgan fingerprint density at radius 1 is 0.881 bits per heavy atom. The zero-order valence-electron chi connectivity index (χ0n) is 29.0. The average Bonchev–Trinajstić information content (AvgIpc) is 3.27. The maximum absolute atomic E-state index is 4.33. The van der Waals surface area contributed by atoms with Crippen LogP contribution in [0.3, 0.4) is 0 Å². The van der Waals surface area contributed by atoms with Crippen molar-refractivity contribution in [3.63, 3.8) is 0 Å².